The molecule has 5 aromatic rings. The number of para-hydroxylation sites is 1. The maximum atomic E-state index is 14.1. The Bertz CT molecular complexity index is 1520. The van der Waals surface area contributed by atoms with Gasteiger partial charge in [-0.2, -0.15) is 0 Å². The standard InChI is InChI=1S/C31H22N2O/c34-31-26-18-8-7-17-25(26)27(21-22-11-3-1-4-12-22)30(24-13-5-2-6-14-24)33(31)28-19-9-15-23-16-10-20-32-29(23)28/h1-21,30H/b27-21+. The maximum absolute atomic E-state index is 14.1. The molecule has 1 aliphatic rings. The number of aromatic nitrogens is 1. The minimum atomic E-state index is -0.295. The molecule has 0 spiro atoms. The van der Waals surface area contributed by atoms with Crippen LogP contribution < -0.4 is 4.90 Å². The molecule has 3 nitrogen and oxygen atoms in total. The highest BCUT2D eigenvalue weighted by Gasteiger charge is 2.38. The van der Waals surface area contributed by atoms with Gasteiger partial charge < -0.3 is 0 Å². The van der Waals surface area contributed by atoms with Gasteiger partial charge in [-0.05, 0) is 46.5 Å². The lowest BCUT2D eigenvalue weighted by molar-refractivity contribution is 0.0978. The smallest absolute Gasteiger partial charge is 0.259 e. The van der Waals surface area contributed by atoms with Crippen molar-refractivity contribution >= 4 is 34.1 Å². The highest BCUT2D eigenvalue weighted by Crippen LogP contribution is 2.46. The van der Waals surface area contributed by atoms with Crippen LogP contribution in [0.5, 0.6) is 0 Å². The van der Waals surface area contributed by atoms with Crippen LogP contribution in [0.2, 0.25) is 0 Å². The van der Waals surface area contributed by atoms with Gasteiger partial charge >= 0.3 is 0 Å². The molecule has 0 saturated heterocycles. The lowest BCUT2D eigenvalue weighted by Crippen LogP contribution is -2.40. The first kappa shape index (κ1) is 20.1. The van der Waals surface area contributed by atoms with Crippen molar-refractivity contribution in [1.29, 1.82) is 0 Å². The molecule has 1 unspecified atom stereocenters. The van der Waals surface area contributed by atoms with Crippen LogP contribution in [0.1, 0.15) is 33.1 Å². The van der Waals surface area contributed by atoms with E-state index in [0.717, 1.165) is 38.9 Å². The first-order chi connectivity index (χ1) is 16.8. The second-order valence-electron chi connectivity index (χ2n) is 8.40. The van der Waals surface area contributed by atoms with E-state index in [0.29, 0.717) is 5.56 Å². The van der Waals surface area contributed by atoms with Gasteiger partial charge in [-0.15, -0.1) is 0 Å². The van der Waals surface area contributed by atoms with Crippen molar-refractivity contribution < 1.29 is 4.79 Å². The fourth-order valence-corrected chi connectivity index (χ4v) is 4.84. The molecular weight excluding hydrogens is 416 g/mol. The van der Waals surface area contributed by atoms with Crippen LogP contribution in [0.15, 0.2) is 121 Å². The van der Waals surface area contributed by atoms with Crippen LogP contribution >= 0.6 is 0 Å². The van der Waals surface area contributed by atoms with Crippen LogP contribution in [-0.2, 0) is 0 Å². The number of carbonyl (C=O) groups excluding carboxylic acids is 1. The van der Waals surface area contributed by atoms with Crippen molar-refractivity contribution in [1.82, 2.24) is 4.98 Å². The molecule has 1 amide bonds. The molecule has 0 aliphatic carbocycles. The summed E-state index contributed by atoms with van der Waals surface area (Å²) in [6.45, 7) is 0. The van der Waals surface area contributed by atoms with Gasteiger partial charge in [0.05, 0.1) is 17.2 Å². The number of rotatable bonds is 3. The Labute approximate surface area is 198 Å². The summed E-state index contributed by atoms with van der Waals surface area (Å²) < 4.78 is 0. The molecule has 3 heteroatoms. The Morgan fingerprint density at radius 3 is 2.15 bits per heavy atom. The zero-order valence-corrected chi connectivity index (χ0v) is 18.5. The fourth-order valence-electron chi connectivity index (χ4n) is 4.84. The monoisotopic (exact) mass is 438 g/mol. The van der Waals surface area contributed by atoms with Crippen LogP contribution in [0, 0.1) is 0 Å². The molecule has 1 aliphatic heterocycles. The second-order valence-corrected chi connectivity index (χ2v) is 8.40. The molecular formula is C31H22N2O. The van der Waals surface area contributed by atoms with E-state index in [9.17, 15) is 4.79 Å². The minimum Gasteiger partial charge on any atom is -0.294 e. The van der Waals surface area contributed by atoms with E-state index in [4.69, 9.17) is 0 Å². The normalized spacial score (nSPS) is 16.6. The average molecular weight is 439 g/mol. The van der Waals surface area contributed by atoms with E-state index in [1.54, 1.807) is 6.20 Å². The summed E-state index contributed by atoms with van der Waals surface area (Å²) in [5.41, 5.74) is 6.53. The van der Waals surface area contributed by atoms with Crippen LogP contribution in [0.4, 0.5) is 5.69 Å². The molecule has 0 radical (unpaired) electrons. The summed E-state index contributed by atoms with van der Waals surface area (Å²) in [5, 5.41) is 1.01. The van der Waals surface area contributed by atoms with Gasteiger partial charge in [0.15, 0.2) is 0 Å². The van der Waals surface area contributed by atoms with Crippen LogP contribution in [0.25, 0.3) is 22.6 Å². The molecule has 0 fully saturated rings. The fraction of sp³-hybridized carbons (Fsp3) is 0.0323. The number of nitrogens with zero attached hydrogens (tertiary/aromatic N) is 2. The molecule has 4 aromatic carbocycles. The number of hydrogen-bond donors (Lipinski definition) is 0. The lowest BCUT2D eigenvalue weighted by atomic mass is 9.83. The summed E-state index contributed by atoms with van der Waals surface area (Å²) in [4.78, 5) is 20.7. The third-order valence-corrected chi connectivity index (χ3v) is 6.35. The van der Waals surface area contributed by atoms with Gasteiger partial charge in [-0.3, -0.25) is 14.7 Å². The Morgan fingerprint density at radius 2 is 1.35 bits per heavy atom. The second kappa shape index (κ2) is 8.45. The number of benzene rings is 4. The molecule has 2 heterocycles. The average Bonchev–Trinajstić information content (AvgIpc) is 2.91. The van der Waals surface area contributed by atoms with Gasteiger partial charge in [0.1, 0.15) is 0 Å². The summed E-state index contributed by atoms with van der Waals surface area (Å²) >= 11 is 0. The van der Waals surface area contributed by atoms with Crippen molar-refractivity contribution in [2.45, 2.75) is 6.04 Å². The zero-order valence-electron chi connectivity index (χ0n) is 18.5. The van der Waals surface area contributed by atoms with E-state index in [1.165, 1.54) is 0 Å². The van der Waals surface area contributed by atoms with Crippen molar-refractivity contribution in [2.24, 2.45) is 0 Å². The van der Waals surface area contributed by atoms with Gasteiger partial charge in [0.25, 0.3) is 5.91 Å². The molecule has 6 rings (SSSR count). The first-order valence-corrected chi connectivity index (χ1v) is 11.4. The number of hydrogen-bond acceptors (Lipinski definition) is 2. The molecule has 0 bridgehead atoms. The van der Waals surface area contributed by atoms with Crippen LogP contribution in [-0.4, -0.2) is 10.9 Å². The number of amides is 1. The van der Waals surface area contributed by atoms with Crippen molar-refractivity contribution in [2.75, 3.05) is 4.90 Å². The lowest BCUT2D eigenvalue weighted by Gasteiger charge is -2.39. The SMILES string of the molecule is O=C1c2ccccc2/C(=C\c2ccccc2)C(c2ccccc2)N1c1cccc2cccnc12. The topological polar surface area (TPSA) is 33.2 Å². The van der Waals surface area contributed by atoms with Crippen molar-refractivity contribution in [3.8, 4) is 0 Å². The number of pyridine rings is 1. The summed E-state index contributed by atoms with van der Waals surface area (Å²) in [7, 11) is 0. The summed E-state index contributed by atoms with van der Waals surface area (Å²) in [6.07, 6.45) is 3.99. The Balaban J connectivity index is 1.68. The number of fused-ring (bicyclic) bond motifs is 2. The van der Waals surface area contributed by atoms with Crippen LogP contribution in [0.3, 0.4) is 0 Å². The summed E-state index contributed by atoms with van der Waals surface area (Å²) in [5.74, 6) is -0.0205. The highest BCUT2D eigenvalue weighted by molar-refractivity contribution is 6.18. The Hall–Kier alpha value is -4.50. The molecule has 0 saturated carbocycles. The van der Waals surface area contributed by atoms with Gasteiger partial charge in [0.2, 0.25) is 0 Å². The number of carbonyl (C=O) groups is 1. The van der Waals surface area contributed by atoms with E-state index in [-0.39, 0.29) is 11.9 Å². The Kier molecular flexibility index (Phi) is 5.00. The van der Waals surface area contributed by atoms with E-state index in [2.05, 4.69) is 41.4 Å². The Morgan fingerprint density at radius 1 is 0.676 bits per heavy atom. The van der Waals surface area contributed by atoms with E-state index < -0.39 is 0 Å². The quantitative estimate of drug-likeness (QED) is 0.299. The predicted molar refractivity (Wildman–Crippen MR) is 138 cm³/mol. The first-order valence-electron chi connectivity index (χ1n) is 11.4. The van der Waals surface area contributed by atoms with Gasteiger partial charge in [-0.1, -0.05) is 97.1 Å². The highest BCUT2D eigenvalue weighted by atomic mass is 16.2. The van der Waals surface area contributed by atoms with Gasteiger partial charge in [-0.25, -0.2) is 0 Å². The third kappa shape index (κ3) is 3.39. The number of anilines is 1. The molecule has 162 valence electrons. The maximum Gasteiger partial charge on any atom is 0.259 e. The molecule has 1 atom stereocenters. The van der Waals surface area contributed by atoms with Crippen molar-refractivity contribution in [3.05, 3.63) is 144 Å². The zero-order chi connectivity index (χ0) is 22.9. The predicted octanol–water partition coefficient (Wildman–Crippen LogP) is 7.18. The van der Waals surface area contributed by atoms with Crippen molar-refractivity contribution in [3.63, 3.8) is 0 Å². The summed E-state index contributed by atoms with van der Waals surface area (Å²) in [6, 6.07) is 38.1. The van der Waals surface area contributed by atoms with E-state index >= 15 is 0 Å². The minimum absolute atomic E-state index is 0.0205. The molecule has 0 N–H and O–H groups in total. The molecule has 34 heavy (non-hydrogen) atoms. The molecule has 1 aromatic heterocycles. The third-order valence-electron chi connectivity index (χ3n) is 6.35. The largest absolute Gasteiger partial charge is 0.294 e. The van der Waals surface area contributed by atoms with E-state index in [1.807, 2.05) is 89.8 Å². The van der Waals surface area contributed by atoms with Gasteiger partial charge in [0, 0.05) is 17.1 Å².